The number of methoxy groups -OCH3 is 1. The summed E-state index contributed by atoms with van der Waals surface area (Å²) in [6, 6.07) is 8.65. The summed E-state index contributed by atoms with van der Waals surface area (Å²) in [6.07, 6.45) is 1.96. The number of halogens is 1. The van der Waals surface area contributed by atoms with E-state index < -0.39 is 0 Å². The van der Waals surface area contributed by atoms with Crippen molar-refractivity contribution in [2.24, 2.45) is 11.8 Å². The minimum Gasteiger partial charge on any atom is -0.384 e. The van der Waals surface area contributed by atoms with Gasteiger partial charge in [-0.3, -0.25) is 11.3 Å². The van der Waals surface area contributed by atoms with Crippen LogP contribution in [0.4, 0.5) is 0 Å². The van der Waals surface area contributed by atoms with E-state index in [1.165, 1.54) is 5.56 Å². The summed E-state index contributed by atoms with van der Waals surface area (Å²) in [4.78, 5) is 0. The molecule has 3 N–H and O–H groups in total. The minimum atomic E-state index is 0.293. The van der Waals surface area contributed by atoms with Crippen molar-refractivity contribution >= 4 is 15.9 Å². The van der Waals surface area contributed by atoms with Gasteiger partial charge in [0.15, 0.2) is 0 Å². The minimum absolute atomic E-state index is 0.293. The molecule has 0 bridgehead atoms. The Morgan fingerprint density at radius 1 is 1.35 bits per heavy atom. The molecule has 2 atom stereocenters. The Bertz CT molecular complexity index is 316. The average molecular weight is 301 g/mol. The van der Waals surface area contributed by atoms with Gasteiger partial charge in [0.1, 0.15) is 0 Å². The summed E-state index contributed by atoms with van der Waals surface area (Å²) < 4.78 is 6.24. The molecule has 3 nitrogen and oxygen atoms in total. The molecule has 96 valence electrons. The second-order valence-electron chi connectivity index (χ2n) is 4.49. The summed E-state index contributed by atoms with van der Waals surface area (Å²) >= 11 is 3.43. The molecule has 0 saturated heterocycles. The smallest absolute Gasteiger partial charge is 0.0488 e. The zero-order valence-electron chi connectivity index (χ0n) is 10.4. The number of ether oxygens (including phenoxy) is 1. The maximum Gasteiger partial charge on any atom is 0.0488 e. The molecule has 1 rings (SSSR count). The predicted molar refractivity (Wildman–Crippen MR) is 74.6 cm³/mol. The number of nitrogens with two attached hydrogens (primary N) is 1. The van der Waals surface area contributed by atoms with Crippen LogP contribution in [-0.2, 0) is 11.2 Å². The number of hydrogen-bond donors (Lipinski definition) is 2. The van der Waals surface area contributed by atoms with E-state index in [1.807, 2.05) is 0 Å². The number of nitrogens with one attached hydrogen (secondary N) is 1. The van der Waals surface area contributed by atoms with E-state index in [9.17, 15) is 0 Å². The number of hydrogen-bond acceptors (Lipinski definition) is 3. The summed E-state index contributed by atoms with van der Waals surface area (Å²) in [5.41, 5.74) is 4.18. The average Bonchev–Trinajstić information content (AvgIpc) is 2.31. The zero-order valence-corrected chi connectivity index (χ0v) is 12.0. The normalized spacial score (nSPS) is 14.6. The Kier molecular flexibility index (Phi) is 6.73. The maximum absolute atomic E-state index is 5.59. The molecule has 0 aliphatic carbocycles. The Morgan fingerprint density at radius 2 is 2.00 bits per heavy atom. The molecule has 0 aromatic heterocycles. The third kappa shape index (κ3) is 5.64. The number of rotatable bonds is 7. The van der Waals surface area contributed by atoms with Crippen LogP contribution in [-0.4, -0.2) is 19.8 Å². The van der Waals surface area contributed by atoms with Crippen LogP contribution in [0.15, 0.2) is 28.7 Å². The van der Waals surface area contributed by atoms with E-state index >= 15 is 0 Å². The van der Waals surface area contributed by atoms with E-state index in [1.54, 1.807) is 7.11 Å². The van der Waals surface area contributed by atoms with Crippen molar-refractivity contribution < 1.29 is 4.74 Å². The summed E-state index contributed by atoms with van der Waals surface area (Å²) in [5, 5.41) is 0. The molecule has 1 aromatic carbocycles. The van der Waals surface area contributed by atoms with Crippen LogP contribution in [0.5, 0.6) is 0 Å². The second-order valence-corrected chi connectivity index (χ2v) is 5.41. The third-order valence-electron chi connectivity index (χ3n) is 2.77. The second kappa shape index (κ2) is 7.82. The van der Waals surface area contributed by atoms with E-state index in [2.05, 4.69) is 52.5 Å². The molecular weight excluding hydrogens is 280 g/mol. The molecule has 0 heterocycles. The summed E-state index contributed by atoms with van der Waals surface area (Å²) in [6.45, 7) is 2.95. The molecule has 1 aromatic rings. The van der Waals surface area contributed by atoms with Crippen LogP contribution in [0.2, 0.25) is 0 Å². The number of benzene rings is 1. The summed E-state index contributed by atoms with van der Waals surface area (Å²) in [5.74, 6) is 6.11. The fourth-order valence-corrected chi connectivity index (χ4v) is 2.22. The van der Waals surface area contributed by atoms with Gasteiger partial charge < -0.3 is 4.74 Å². The monoisotopic (exact) mass is 300 g/mol. The maximum atomic E-state index is 5.59. The van der Waals surface area contributed by atoms with E-state index in [4.69, 9.17) is 10.6 Å². The van der Waals surface area contributed by atoms with Gasteiger partial charge in [-0.05, 0) is 36.5 Å². The molecule has 4 heteroatoms. The quantitative estimate of drug-likeness (QED) is 0.601. The van der Waals surface area contributed by atoms with Crippen LogP contribution in [0.25, 0.3) is 0 Å². The Morgan fingerprint density at radius 3 is 2.53 bits per heavy atom. The predicted octanol–water partition coefficient (Wildman–Crippen LogP) is 2.50. The summed E-state index contributed by atoms with van der Waals surface area (Å²) in [7, 11) is 1.73. The lowest BCUT2D eigenvalue weighted by atomic mass is 9.97. The molecule has 0 spiro atoms. The van der Waals surface area contributed by atoms with Gasteiger partial charge in [-0.1, -0.05) is 35.0 Å². The fourth-order valence-electron chi connectivity index (χ4n) is 1.95. The molecule has 17 heavy (non-hydrogen) atoms. The molecule has 0 aliphatic rings. The van der Waals surface area contributed by atoms with Crippen molar-refractivity contribution in [3.05, 3.63) is 34.3 Å². The SMILES string of the molecule is COCC(C)CC(Cc1ccc(Br)cc1)NN. The van der Waals surface area contributed by atoms with Gasteiger partial charge in [0.05, 0.1) is 0 Å². The lowest BCUT2D eigenvalue weighted by Crippen LogP contribution is -2.38. The van der Waals surface area contributed by atoms with Gasteiger partial charge in [0, 0.05) is 24.2 Å². The van der Waals surface area contributed by atoms with Crippen LogP contribution in [0, 0.1) is 5.92 Å². The van der Waals surface area contributed by atoms with Gasteiger partial charge in [0.25, 0.3) is 0 Å². The van der Waals surface area contributed by atoms with Crippen molar-refractivity contribution in [2.45, 2.75) is 25.8 Å². The Balaban J connectivity index is 2.48. The van der Waals surface area contributed by atoms with Gasteiger partial charge >= 0.3 is 0 Å². The zero-order chi connectivity index (χ0) is 12.7. The molecule has 0 saturated carbocycles. The van der Waals surface area contributed by atoms with Gasteiger partial charge in [-0.2, -0.15) is 0 Å². The lowest BCUT2D eigenvalue weighted by Gasteiger charge is -2.20. The van der Waals surface area contributed by atoms with Crippen molar-refractivity contribution in [1.82, 2.24) is 5.43 Å². The highest BCUT2D eigenvalue weighted by Crippen LogP contribution is 2.14. The largest absolute Gasteiger partial charge is 0.384 e. The third-order valence-corrected chi connectivity index (χ3v) is 3.30. The first-order valence-corrected chi connectivity index (χ1v) is 6.64. The van der Waals surface area contributed by atoms with Crippen molar-refractivity contribution in [3.8, 4) is 0 Å². The van der Waals surface area contributed by atoms with E-state index in [-0.39, 0.29) is 0 Å². The molecule has 2 unspecified atom stereocenters. The van der Waals surface area contributed by atoms with Crippen molar-refractivity contribution in [2.75, 3.05) is 13.7 Å². The van der Waals surface area contributed by atoms with Crippen LogP contribution < -0.4 is 11.3 Å². The van der Waals surface area contributed by atoms with Gasteiger partial charge in [-0.15, -0.1) is 0 Å². The highest BCUT2D eigenvalue weighted by Gasteiger charge is 2.12. The molecule has 0 aliphatic heterocycles. The first-order valence-electron chi connectivity index (χ1n) is 5.85. The highest BCUT2D eigenvalue weighted by molar-refractivity contribution is 9.10. The number of hydrazine groups is 1. The topological polar surface area (TPSA) is 47.3 Å². The van der Waals surface area contributed by atoms with Gasteiger partial charge in [0.2, 0.25) is 0 Å². The molecule has 0 radical (unpaired) electrons. The first kappa shape index (κ1) is 14.6. The van der Waals surface area contributed by atoms with Crippen LogP contribution in [0.1, 0.15) is 18.9 Å². The van der Waals surface area contributed by atoms with Crippen LogP contribution in [0.3, 0.4) is 0 Å². The lowest BCUT2D eigenvalue weighted by molar-refractivity contribution is 0.149. The Hall–Kier alpha value is -0.420. The first-order chi connectivity index (χ1) is 8.15. The highest BCUT2D eigenvalue weighted by atomic mass is 79.9. The van der Waals surface area contributed by atoms with Crippen molar-refractivity contribution in [3.63, 3.8) is 0 Å². The van der Waals surface area contributed by atoms with Gasteiger partial charge in [-0.25, -0.2) is 0 Å². The molecule has 0 amide bonds. The standard InChI is InChI=1S/C13H21BrN2O/c1-10(9-17-2)7-13(16-15)8-11-3-5-12(14)6-4-11/h3-6,10,13,16H,7-9,15H2,1-2H3. The molecular formula is C13H21BrN2O. The van der Waals surface area contributed by atoms with Crippen molar-refractivity contribution in [1.29, 1.82) is 0 Å². The fraction of sp³-hybridized carbons (Fsp3) is 0.538. The van der Waals surface area contributed by atoms with Crippen LogP contribution >= 0.6 is 15.9 Å². The Labute approximate surface area is 112 Å². The molecule has 0 fully saturated rings. The van der Waals surface area contributed by atoms with E-state index in [0.29, 0.717) is 12.0 Å². The van der Waals surface area contributed by atoms with E-state index in [0.717, 1.165) is 23.9 Å².